The van der Waals surface area contributed by atoms with Gasteiger partial charge in [0.15, 0.2) is 0 Å². The molecule has 0 spiro atoms. The first kappa shape index (κ1) is 52.8. The number of hydrogen-bond acceptors (Lipinski definition) is 9. The number of ether oxygens (including phenoxy) is 2. The molecule has 0 saturated heterocycles. The van der Waals surface area contributed by atoms with Crippen molar-refractivity contribution in [2.45, 2.75) is 232 Å². The normalized spacial score (nSPS) is 11.8. The number of hydrogen-bond donors (Lipinski definition) is 1. The van der Waals surface area contributed by atoms with E-state index in [1.807, 2.05) is 14.1 Å². The van der Waals surface area contributed by atoms with Crippen LogP contribution in [0.2, 0.25) is 0 Å². The minimum absolute atomic E-state index is 0.270. The van der Waals surface area contributed by atoms with Crippen molar-refractivity contribution >= 4 is 22.3 Å². The molecule has 0 aromatic carbocycles. The van der Waals surface area contributed by atoms with Crippen LogP contribution in [-0.4, -0.2) is 52.0 Å². The Labute approximate surface area is 321 Å². The smallest absolute Gasteiger partial charge is 0.403 e. The van der Waals surface area contributed by atoms with Gasteiger partial charge in [0.05, 0.1) is 28.1 Å². The lowest BCUT2D eigenvalue weighted by Crippen LogP contribution is -3.15. The van der Waals surface area contributed by atoms with E-state index in [0.717, 1.165) is 37.7 Å². The highest BCUT2D eigenvalue weighted by molar-refractivity contribution is 7.80. The maximum Gasteiger partial charge on any atom is 0.403 e. The van der Waals surface area contributed by atoms with Crippen LogP contribution in [0.3, 0.4) is 0 Å². The summed E-state index contributed by atoms with van der Waals surface area (Å²) >= 11 is 0. The van der Waals surface area contributed by atoms with Crippen LogP contribution in [0.1, 0.15) is 226 Å². The van der Waals surface area contributed by atoms with Gasteiger partial charge in [-0.05, 0) is 12.8 Å². The molecule has 10 nitrogen and oxygen atoms in total. The summed E-state index contributed by atoms with van der Waals surface area (Å²) in [5.74, 6) is -1.81. The second kappa shape index (κ2) is 38.0. The average molecular weight is 766 g/mol. The van der Waals surface area contributed by atoms with Crippen molar-refractivity contribution in [1.29, 1.82) is 0 Å². The number of quaternary nitrogens is 1. The molecular formula is C41H83NO9S. The predicted octanol–water partition coefficient (Wildman–Crippen LogP) is 10.4. The first-order valence-electron chi connectivity index (χ1n) is 21.3. The molecule has 0 aromatic heterocycles. The topological polar surface area (TPSA) is 133 Å². The van der Waals surface area contributed by atoms with E-state index in [1.54, 1.807) is 6.92 Å². The van der Waals surface area contributed by atoms with Gasteiger partial charge in [-0.3, -0.25) is 14.5 Å². The maximum atomic E-state index is 12.6. The third-order valence-corrected chi connectivity index (χ3v) is 9.95. The van der Waals surface area contributed by atoms with Gasteiger partial charge >= 0.3 is 17.8 Å². The van der Waals surface area contributed by atoms with Gasteiger partial charge < -0.3 is 14.0 Å². The lowest BCUT2D eigenvalue weighted by molar-refractivity contribution is -0.966. The Kier molecular flexibility index (Phi) is 38.6. The molecule has 0 radical (unpaired) electrons. The second-order valence-electron chi connectivity index (χ2n) is 14.9. The highest BCUT2D eigenvalue weighted by atomic mass is 32.3. The molecule has 0 bridgehead atoms. The van der Waals surface area contributed by atoms with Crippen molar-refractivity contribution in [3.05, 3.63) is 0 Å². The molecule has 0 amide bonds. The lowest BCUT2D eigenvalue weighted by atomic mass is 10.0. The largest absolute Gasteiger partial charge is 0.724 e. The molecule has 0 atom stereocenters. The molecule has 0 heterocycles. The van der Waals surface area contributed by atoms with E-state index < -0.39 is 16.3 Å². The zero-order chi connectivity index (χ0) is 39.2. The molecule has 52 heavy (non-hydrogen) atoms. The molecule has 0 unspecified atom stereocenters. The molecular weight excluding hydrogens is 683 g/mol. The third kappa shape index (κ3) is 39.9. The van der Waals surface area contributed by atoms with E-state index in [2.05, 4.69) is 23.1 Å². The fourth-order valence-corrected chi connectivity index (χ4v) is 6.29. The summed E-state index contributed by atoms with van der Waals surface area (Å²) in [5, 5.41) is 0. The first-order valence-corrected chi connectivity index (χ1v) is 22.7. The van der Waals surface area contributed by atoms with E-state index in [4.69, 9.17) is 9.47 Å². The van der Waals surface area contributed by atoms with Gasteiger partial charge in [-0.25, -0.2) is 13.3 Å². The quantitative estimate of drug-likeness (QED) is 0.0125. The van der Waals surface area contributed by atoms with E-state index >= 15 is 0 Å². The van der Waals surface area contributed by atoms with Gasteiger partial charge in [-0.1, -0.05) is 194 Å². The molecule has 0 aromatic rings. The highest BCUT2D eigenvalue weighted by Gasteiger charge is 2.40. The standard InChI is InChI=1S/C40H79NO4.CH4O5S/c1-6-8-10-12-14-16-18-20-22-24-26-28-30-32-34-36-38(42)44-40(3,41(4)5)45-39(43)37-35-33-31-29-27-25-23-21-19-17-15-13-11-9-7-2;1-5-6-7(2,3)4/h6-37H2,1-5H3;1H3,(H,2,3,4). The van der Waals surface area contributed by atoms with Crippen LogP contribution >= 0.6 is 0 Å². The molecule has 0 fully saturated rings. The number of rotatable bonds is 37. The molecule has 0 aliphatic rings. The predicted molar refractivity (Wildman–Crippen MR) is 210 cm³/mol. The summed E-state index contributed by atoms with van der Waals surface area (Å²) in [6.07, 6.45) is 39.8. The molecule has 0 aliphatic carbocycles. The Balaban J connectivity index is 0. The van der Waals surface area contributed by atoms with Crippen LogP contribution in [0.25, 0.3) is 0 Å². The molecule has 312 valence electrons. The van der Waals surface area contributed by atoms with Crippen LogP contribution in [0, 0.1) is 0 Å². The number of nitrogens with one attached hydrogen (secondary N) is 1. The Morgan fingerprint density at radius 2 is 0.731 bits per heavy atom. The SMILES string of the molecule is CCCCCCCCCCCCCCCCCC(=O)OC(C)(OC(=O)CCCCCCCCCCCCCCCCC)[NH+](C)C.COOS(=O)(=O)[O-]. The van der Waals surface area contributed by atoms with Crippen molar-refractivity contribution in [2.75, 3.05) is 21.2 Å². The second-order valence-corrected chi connectivity index (χ2v) is 15.9. The summed E-state index contributed by atoms with van der Waals surface area (Å²) in [4.78, 5) is 29.4. The minimum atomic E-state index is -4.65. The zero-order valence-corrected chi connectivity index (χ0v) is 35.5. The fourth-order valence-electron chi connectivity index (χ4n) is 6.13. The van der Waals surface area contributed by atoms with E-state index in [9.17, 15) is 22.6 Å². The summed E-state index contributed by atoms with van der Waals surface area (Å²) in [6.45, 7) is 6.26. The van der Waals surface area contributed by atoms with Crippen molar-refractivity contribution in [3.63, 3.8) is 0 Å². The summed E-state index contributed by atoms with van der Waals surface area (Å²) in [7, 11) is 0.00538. The van der Waals surface area contributed by atoms with Crippen molar-refractivity contribution in [3.8, 4) is 0 Å². The van der Waals surface area contributed by atoms with E-state index in [0.29, 0.717) is 12.8 Å². The maximum absolute atomic E-state index is 12.6. The Morgan fingerprint density at radius 3 is 0.904 bits per heavy atom. The molecule has 1 N–H and O–H groups in total. The fraction of sp³-hybridized carbons (Fsp3) is 0.951. The summed E-state index contributed by atoms with van der Waals surface area (Å²) < 4.78 is 42.5. The van der Waals surface area contributed by atoms with Crippen molar-refractivity contribution < 1.29 is 46.2 Å². The minimum Gasteiger partial charge on any atom is -0.724 e. The van der Waals surface area contributed by atoms with Crippen molar-refractivity contribution in [2.24, 2.45) is 0 Å². The van der Waals surface area contributed by atoms with E-state index in [1.165, 1.54) is 167 Å². The lowest BCUT2D eigenvalue weighted by Gasteiger charge is -2.30. The van der Waals surface area contributed by atoms with Gasteiger partial charge in [0.25, 0.3) is 0 Å². The van der Waals surface area contributed by atoms with Crippen LogP contribution in [0.4, 0.5) is 0 Å². The number of unbranched alkanes of at least 4 members (excludes halogenated alkanes) is 28. The van der Waals surface area contributed by atoms with Gasteiger partial charge in [0.1, 0.15) is 0 Å². The Hall–Kier alpha value is -1.27. The molecule has 11 heteroatoms. The number of carbonyl (C=O) groups is 2. The summed E-state index contributed by atoms with van der Waals surface area (Å²) in [5.41, 5.74) is 0. The van der Waals surface area contributed by atoms with Crippen LogP contribution < -0.4 is 4.90 Å². The van der Waals surface area contributed by atoms with Crippen LogP contribution in [-0.2, 0) is 38.7 Å². The monoisotopic (exact) mass is 766 g/mol. The average Bonchev–Trinajstić information content (AvgIpc) is 3.07. The van der Waals surface area contributed by atoms with Crippen molar-refractivity contribution in [1.82, 2.24) is 0 Å². The van der Waals surface area contributed by atoms with Gasteiger partial charge in [0.2, 0.25) is 10.4 Å². The van der Waals surface area contributed by atoms with Gasteiger partial charge in [-0.2, -0.15) is 0 Å². The number of carbonyl (C=O) groups excluding carboxylic acids is 2. The molecule has 0 aliphatic heterocycles. The Morgan fingerprint density at radius 1 is 0.500 bits per heavy atom. The van der Waals surface area contributed by atoms with E-state index in [-0.39, 0.29) is 11.9 Å². The Bertz CT molecular complexity index is 851. The molecule has 0 rings (SSSR count). The molecule has 0 saturated carbocycles. The zero-order valence-electron chi connectivity index (χ0n) is 34.7. The van der Waals surface area contributed by atoms with Crippen LogP contribution in [0.15, 0.2) is 0 Å². The highest BCUT2D eigenvalue weighted by Crippen LogP contribution is 2.17. The third-order valence-electron chi connectivity index (χ3n) is 9.65. The number of esters is 2. The van der Waals surface area contributed by atoms with Gasteiger partial charge in [-0.15, -0.1) is 4.33 Å². The van der Waals surface area contributed by atoms with Crippen LogP contribution in [0.5, 0.6) is 0 Å². The first-order chi connectivity index (χ1) is 24.9. The van der Waals surface area contributed by atoms with Gasteiger partial charge in [0, 0.05) is 12.8 Å². The summed E-state index contributed by atoms with van der Waals surface area (Å²) in [6, 6.07) is 0.